The van der Waals surface area contributed by atoms with Crippen LogP contribution in [-0.4, -0.2) is 32.7 Å². The molecule has 0 saturated carbocycles. The largest absolute Gasteiger partial charge is 0.478 e. The van der Waals surface area contributed by atoms with Gasteiger partial charge in [-0.15, -0.1) is 0 Å². The average molecular weight is 460 g/mol. The van der Waals surface area contributed by atoms with Crippen LogP contribution in [0.5, 0.6) is 0 Å². The van der Waals surface area contributed by atoms with E-state index in [1.807, 2.05) is 0 Å². The Kier molecular flexibility index (Phi) is 6.84. The third kappa shape index (κ3) is 5.56. The van der Waals surface area contributed by atoms with E-state index in [4.69, 9.17) is 28.3 Å². The minimum absolute atomic E-state index is 0.0489. The summed E-state index contributed by atoms with van der Waals surface area (Å²) in [6, 6.07) is 11.6. The number of aromatic amines is 1. The van der Waals surface area contributed by atoms with Crippen LogP contribution in [0.2, 0.25) is 10.0 Å². The van der Waals surface area contributed by atoms with Crippen molar-refractivity contribution in [2.75, 3.05) is 4.90 Å². The number of aromatic nitrogens is 2. The van der Waals surface area contributed by atoms with E-state index in [1.54, 1.807) is 18.2 Å². The molecule has 10 heteroatoms. The van der Waals surface area contributed by atoms with Gasteiger partial charge in [-0.2, -0.15) is 0 Å². The molecule has 0 spiro atoms. The number of carboxylic acids is 1. The highest BCUT2D eigenvalue weighted by molar-refractivity contribution is 6.42. The molecule has 0 aliphatic carbocycles. The first-order valence-electron chi connectivity index (χ1n) is 8.91. The number of aromatic carboxylic acids is 1. The molecule has 2 N–H and O–H groups in total. The highest BCUT2D eigenvalue weighted by Gasteiger charge is 2.22. The molecule has 0 aliphatic heterocycles. The SMILES string of the molecule is O=C(O)c1ccc(N(Cc2ccc(Cl)c(Cl)c2)C(=O)CC(=O)c2nccc(=O)[nH]2)cc1. The summed E-state index contributed by atoms with van der Waals surface area (Å²) in [5.74, 6) is -2.57. The molecule has 0 fully saturated rings. The Hall–Kier alpha value is -3.49. The van der Waals surface area contributed by atoms with Gasteiger partial charge in [-0.05, 0) is 42.0 Å². The van der Waals surface area contributed by atoms with Crippen LogP contribution in [0.15, 0.2) is 59.5 Å². The fourth-order valence-corrected chi connectivity index (χ4v) is 3.08. The van der Waals surface area contributed by atoms with Gasteiger partial charge in [0.2, 0.25) is 11.7 Å². The summed E-state index contributed by atoms with van der Waals surface area (Å²) in [5, 5.41) is 9.75. The topological polar surface area (TPSA) is 120 Å². The highest BCUT2D eigenvalue weighted by Crippen LogP contribution is 2.25. The monoisotopic (exact) mass is 459 g/mol. The Morgan fingerprint density at radius 3 is 2.32 bits per heavy atom. The molecule has 3 rings (SSSR count). The summed E-state index contributed by atoms with van der Waals surface area (Å²) in [6.07, 6.45) is 0.615. The number of nitrogens with one attached hydrogen (secondary N) is 1. The van der Waals surface area contributed by atoms with Crippen LogP contribution >= 0.6 is 23.2 Å². The fourth-order valence-electron chi connectivity index (χ4n) is 2.76. The van der Waals surface area contributed by atoms with E-state index < -0.39 is 29.6 Å². The van der Waals surface area contributed by atoms with Crippen molar-refractivity contribution in [2.24, 2.45) is 0 Å². The van der Waals surface area contributed by atoms with Crippen LogP contribution in [0, 0.1) is 0 Å². The van der Waals surface area contributed by atoms with Crippen molar-refractivity contribution < 1.29 is 19.5 Å². The lowest BCUT2D eigenvalue weighted by Crippen LogP contribution is -2.32. The van der Waals surface area contributed by atoms with Crippen LogP contribution < -0.4 is 10.5 Å². The Morgan fingerprint density at radius 1 is 1.00 bits per heavy atom. The van der Waals surface area contributed by atoms with Crippen molar-refractivity contribution >= 4 is 46.5 Å². The molecule has 0 atom stereocenters. The molecule has 0 saturated heterocycles. The van der Waals surface area contributed by atoms with Crippen molar-refractivity contribution in [3.05, 3.63) is 92.1 Å². The quantitative estimate of drug-likeness (QED) is 0.411. The van der Waals surface area contributed by atoms with Crippen molar-refractivity contribution in [3.63, 3.8) is 0 Å². The lowest BCUT2D eigenvalue weighted by atomic mass is 10.1. The van der Waals surface area contributed by atoms with Crippen molar-refractivity contribution in [1.29, 1.82) is 0 Å². The molecule has 2 aromatic carbocycles. The van der Waals surface area contributed by atoms with Crippen LogP contribution in [0.25, 0.3) is 0 Å². The van der Waals surface area contributed by atoms with Crippen molar-refractivity contribution in [1.82, 2.24) is 9.97 Å². The predicted molar refractivity (Wildman–Crippen MR) is 115 cm³/mol. The molecule has 0 unspecified atom stereocenters. The number of Topliss-reactive ketones (excluding diaryl/α,β-unsaturated/α-hetero) is 1. The summed E-state index contributed by atoms with van der Waals surface area (Å²) in [6.45, 7) is 0.0498. The average Bonchev–Trinajstić information content (AvgIpc) is 2.74. The maximum atomic E-state index is 13.0. The second kappa shape index (κ2) is 9.55. The number of benzene rings is 2. The van der Waals surface area contributed by atoms with Gasteiger partial charge < -0.3 is 15.0 Å². The number of carbonyl (C=O) groups excluding carboxylic acids is 2. The summed E-state index contributed by atoms with van der Waals surface area (Å²) < 4.78 is 0. The second-order valence-corrected chi connectivity index (χ2v) is 7.28. The Balaban J connectivity index is 1.90. The van der Waals surface area contributed by atoms with Crippen molar-refractivity contribution in [3.8, 4) is 0 Å². The van der Waals surface area contributed by atoms with Crippen LogP contribution in [-0.2, 0) is 11.3 Å². The van der Waals surface area contributed by atoms with E-state index in [2.05, 4.69) is 9.97 Å². The van der Waals surface area contributed by atoms with Gasteiger partial charge in [-0.3, -0.25) is 14.4 Å². The first-order chi connectivity index (χ1) is 14.7. The molecular formula is C21H15Cl2N3O5. The Labute approximate surface area is 186 Å². The predicted octanol–water partition coefficient (Wildman–Crippen LogP) is 3.58. The van der Waals surface area contributed by atoms with Gasteiger partial charge >= 0.3 is 5.97 Å². The molecule has 1 amide bonds. The number of nitrogens with zero attached hydrogens (tertiary/aromatic N) is 2. The second-order valence-electron chi connectivity index (χ2n) is 6.46. The third-order valence-corrected chi connectivity index (χ3v) is 5.04. The fraction of sp³-hybridized carbons (Fsp3) is 0.0952. The smallest absolute Gasteiger partial charge is 0.335 e. The van der Waals surface area contributed by atoms with Gasteiger partial charge in [-0.25, -0.2) is 9.78 Å². The summed E-state index contributed by atoms with van der Waals surface area (Å²) in [7, 11) is 0. The molecule has 0 bridgehead atoms. The number of rotatable bonds is 7. The summed E-state index contributed by atoms with van der Waals surface area (Å²) in [5.41, 5.74) is 0.558. The lowest BCUT2D eigenvalue weighted by Gasteiger charge is -2.23. The first kappa shape index (κ1) is 22.2. The number of carboxylic acid groups (broad SMARTS) is 1. The molecule has 158 valence electrons. The molecule has 0 aliphatic rings. The number of H-pyrrole nitrogens is 1. The summed E-state index contributed by atoms with van der Waals surface area (Å²) >= 11 is 12.0. The molecule has 0 radical (unpaired) electrons. The zero-order valence-electron chi connectivity index (χ0n) is 15.8. The normalized spacial score (nSPS) is 10.5. The number of ketones is 1. The Morgan fingerprint density at radius 2 is 1.71 bits per heavy atom. The number of amides is 1. The van der Waals surface area contributed by atoms with E-state index in [0.29, 0.717) is 21.3 Å². The summed E-state index contributed by atoms with van der Waals surface area (Å²) in [4.78, 5) is 55.4. The lowest BCUT2D eigenvalue weighted by molar-refractivity contribution is -0.117. The van der Waals surface area contributed by atoms with E-state index in [-0.39, 0.29) is 17.9 Å². The van der Waals surface area contributed by atoms with Gasteiger partial charge in [-0.1, -0.05) is 29.3 Å². The van der Waals surface area contributed by atoms with Crippen LogP contribution in [0.4, 0.5) is 5.69 Å². The van der Waals surface area contributed by atoms with E-state index in [0.717, 1.165) is 6.07 Å². The van der Waals surface area contributed by atoms with Crippen LogP contribution in [0.1, 0.15) is 33.0 Å². The zero-order valence-corrected chi connectivity index (χ0v) is 17.4. The molecule has 31 heavy (non-hydrogen) atoms. The van der Waals surface area contributed by atoms with Gasteiger partial charge in [0.25, 0.3) is 5.56 Å². The van der Waals surface area contributed by atoms with E-state index >= 15 is 0 Å². The van der Waals surface area contributed by atoms with Crippen molar-refractivity contribution in [2.45, 2.75) is 13.0 Å². The molecule has 8 nitrogen and oxygen atoms in total. The number of hydrogen-bond acceptors (Lipinski definition) is 5. The van der Waals surface area contributed by atoms with Gasteiger partial charge in [0.05, 0.1) is 28.6 Å². The number of carbonyl (C=O) groups is 3. The van der Waals surface area contributed by atoms with E-state index in [9.17, 15) is 19.2 Å². The number of hydrogen-bond donors (Lipinski definition) is 2. The standard InChI is InChI=1S/C21H15Cl2N3O5/c22-15-6-1-12(9-16(15)23)11-26(14-4-2-13(3-5-14)21(30)31)19(29)10-17(27)20-24-8-7-18(28)25-20/h1-9H,10-11H2,(H,30,31)(H,24,25,28). The maximum absolute atomic E-state index is 13.0. The van der Waals surface area contributed by atoms with Crippen LogP contribution in [0.3, 0.4) is 0 Å². The molecule has 1 heterocycles. The first-order valence-corrected chi connectivity index (χ1v) is 9.66. The minimum Gasteiger partial charge on any atom is -0.478 e. The van der Waals surface area contributed by atoms with Gasteiger partial charge in [0.1, 0.15) is 0 Å². The zero-order chi connectivity index (χ0) is 22.5. The third-order valence-electron chi connectivity index (χ3n) is 4.30. The number of anilines is 1. The molecule has 1 aromatic heterocycles. The Bertz CT molecular complexity index is 1210. The number of halogens is 2. The maximum Gasteiger partial charge on any atom is 0.335 e. The van der Waals surface area contributed by atoms with Gasteiger partial charge in [0, 0.05) is 18.0 Å². The molecule has 3 aromatic rings. The van der Waals surface area contributed by atoms with E-state index in [1.165, 1.54) is 35.4 Å². The minimum atomic E-state index is -1.11. The van der Waals surface area contributed by atoms with Gasteiger partial charge in [0.15, 0.2) is 5.82 Å². The molecular weight excluding hydrogens is 445 g/mol. The highest BCUT2D eigenvalue weighted by atomic mass is 35.5.